The second-order valence-corrected chi connectivity index (χ2v) is 6.29. The normalized spacial score (nSPS) is 27.2. The van der Waals surface area contributed by atoms with Crippen LogP contribution in [0.15, 0.2) is 0 Å². The summed E-state index contributed by atoms with van der Waals surface area (Å²) < 4.78 is 0. The van der Waals surface area contributed by atoms with Crippen molar-refractivity contribution >= 4 is 5.71 Å². The van der Waals surface area contributed by atoms with Gasteiger partial charge >= 0.3 is 0 Å². The van der Waals surface area contributed by atoms with Gasteiger partial charge in [-0.05, 0) is 42.9 Å². The molecule has 76 valence electrons. The third-order valence-corrected chi connectivity index (χ3v) is 3.17. The molecular weight excluding hydrogens is 158 g/mol. The molecule has 0 spiro atoms. The average Bonchev–Trinajstić information content (AvgIpc) is 1.79. The van der Waals surface area contributed by atoms with Crippen LogP contribution in [0.5, 0.6) is 0 Å². The molecule has 1 saturated carbocycles. The summed E-state index contributed by atoms with van der Waals surface area (Å²) in [6, 6.07) is 0. The molecule has 1 N–H and O–H groups in total. The molecule has 0 heterocycles. The van der Waals surface area contributed by atoms with E-state index in [0.717, 1.165) is 5.71 Å². The zero-order valence-corrected chi connectivity index (χ0v) is 9.70. The Kier molecular flexibility index (Phi) is 2.57. The van der Waals surface area contributed by atoms with Crippen LogP contribution in [-0.2, 0) is 0 Å². The van der Waals surface area contributed by atoms with Crippen LogP contribution in [0, 0.1) is 22.2 Å². The van der Waals surface area contributed by atoms with Crippen molar-refractivity contribution in [2.75, 3.05) is 0 Å². The van der Waals surface area contributed by atoms with E-state index in [1.807, 2.05) is 6.92 Å². The van der Waals surface area contributed by atoms with Crippen molar-refractivity contribution in [2.24, 2.45) is 16.7 Å². The summed E-state index contributed by atoms with van der Waals surface area (Å²) in [5.41, 5.74) is 1.73. The first-order chi connectivity index (χ1) is 5.72. The summed E-state index contributed by atoms with van der Waals surface area (Å²) in [5.74, 6) is 0.527. The fourth-order valence-corrected chi connectivity index (χ4v) is 3.15. The predicted molar refractivity (Wildman–Crippen MR) is 58.3 cm³/mol. The van der Waals surface area contributed by atoms with Crippen LogP contribution in [0.25, 0.3) is 0 Å². The zero-order valence-electron chi connectivity index (χ0n) is 9.70. The first-order valence-electron chi connectivity index (χ1n) is 5.27. The van der Waals surface area contributed by atoms with Crippen LogP contribution < -0.4 is 0 Å². The van der Waals surface area contributed by atoms with Gasteiger partial charge < -0.3 is 5.41 Å². The minimum absolute atomic E-state index is 0.425. The van der Waals surface area contributed by atoms with Crippen LogP contribution in [0.3, 0.4) is 0 Å². The molecule has 0 saturated heterocycles. The van der Waals surface area contributed by atoms with E-state index in [1.54, 1.807) is 0 Å². The van der Waals surface area contributed by atoms with Gasteiger partial charge in [0.25, 0.3) is 0 Å². The van der Waals surface area contributed by atoms with Gasteiger partial charge in [-0.3, -0.25) is 0 Å². The maximum absolute atomic E-state index is 7.74. The van der Waals surface area contributed by atoms with Gasteiger partial charge in [-0.25, -0.2) is 0 Å². The Labute approximate surface area is 82.4 Å². The van der Waals surface area contributed by atoms with E-state index >= 15 is 0 Å². The number of nitrogens with one attached hydrogen (secondary N) is 1. The molecule has 1 rings (SSSR count). The average molecular weight is 181 g/mol. The summed E-state index contributed by atoms with van der Waals surface area (Å²) in [5, 5.41) is 7.74. The van der Waals surface area contributed by atoms with Gasteiger partial charge in [-0.15, -0.1) is 0 Å². The summed E-state index contributed by atoms with van der Waals surface area (Å²) >= 11 is 0. The highest BCUT2D eigenvalue weighted by Crippen LogP contribution is 2.48. The Hall–Kier alpha value is -0.330. The van der Waals surface area contributed by atoms with E-state index in [0.29, 0.717) is 16.7 Å². The van der Waals surface area contributed by atoms with Crippen LogP contribution >= 0.6 is 0 Å². The van der Waals surface area contributed by atoms with Crippen molar-refractivity contribution in [3.63, 3.8) is 0 Å². The van der Waals surface area contributed by atoms with Crippen molar-refractivity contribution < 1.29 is 0 Å². The monoisotopic (exact) mass is 181 g/mol. The van der Waals surface area contributed by atoms with E-state index in [-0.39, 0.29) is 0 Å². The van der Waals surface area contributed by atoms with E-state index in [4.69, 9.17) is 5.41 Å². The Balaban J connectivity index is 2.78. The second-order valence-electron chi connectivity index (χ2n) is 6.29. The lowest BCUT2D eigenvalue weighted by Crippen LogP contribution is -2.36. The van der Waals surface area contributed by atoms with Gasteiger partial charge in [-0.1, -0.05) is 27.7 Å². The molecule has 0 radical (unpaired) electrons. The molecule has 0 amide bonds. The number of rotatable bonds is 1. The highest BCUT2D eigenvalue weighted by molar-refractivity contribution is 5.81. The molecule has 0 aromatic rings. The Bertz CT molecular complexity index is 197. The fourth-order valence-electron chi connectivity index (χ4n) is 3.15. The van der Waals surface area contributed by atoms with E-state index in [2.05, 4.69) is 27.7 Å². The Morgan fingerprint density at radius 1 is 1.08 bits per heavy atom. The highest BCUT2D eigenvalue weighted by Gasteiger charge is 2.38. The molecule has 0 aliphatic heterocycles. The van der Waals surface area contributed by atoms with E-state index < -0.39 is 0 Å². The van der Waals surface area contributed by atoms with Crippen molar-refractivity contribution in [1.29, 1.82) is 5.41 Å². The lowest BCUT2D eigenvalue weighted by atomic mass is 9.61. The topological polar surface area (TPSA) is 23.9 Å². The van der Waals surface area contributed by atoms with Gasteiger partial charge in [0.1, 0.15) is 0 Å². The van der Waals surface area contributed by atoms with Gasteiger partial charge in [0, 0.05) is 5.71 Å². The Morgan fingerprint density at radius 2 is 1.46 bits per heavy atom. The molecule has 1 aliphatic rings. The number of hydrogen-bond acceptors (Lipinski definition) is 1. The Morgan fingerprint density at radius 3 is 1.77 bits per heavy atom. The number of hydrogen-bond donors (Lipinski definition) is 1. The molecule has 0 unspecified atom stereocenters. The van der Waals surface area contributed by atoms with Gasteiger partial charge in [0.05, 0.1) is 0 Å². The standard InChI is InChI=1S/C12H23N/c1-9(13)10-6-11(2,3)8-12(4,5)7-10/h10,13H,6-8H2,1-5H3. The summed E-state index contributed by atoms with van der Waals surface area (Å²) in [6.45, 7) is 11.3. The maximum atomic E-state index is 7.74. The zero-order chi connectivity index (χ0) is 10.3. The maximum Gasteiger partial charge on any atom is 0.00895 e. The van der Waals surface area contributed by atoms with Crippen LogP contribution in [0.1, 0.15) is 53.9 Å². The third kappa shape index (κ3) is 2.82. The summed E-state index contributed by atoms with van der Waals surface area (Å²) in [7, 11) is 0. The van der Waals surface area contributed by atoms with E-state index in [1.165, 1.54) is 19.3 Å². The second kappa shape index (κ2) is 3.11. The lowest BCUT2D eigenvalue weighted by molar-refractivity contribution is 0.0924. The van der Waals surface area contributed by atoms with Crippen molar-refractivity contribution in [3.8, 4) is 0 Å². The molecule has 1 heteroatoms. The van der Waals surface area contributed by atoms with Crippen LogP contribution in [0.4, 0.5) is 0 Å². The third-order valence-electron chi connectivity index (χ3n) is 3.17. The first-order valence-corrected chi connectivity index (χ1v) is 5.27. The summed E-state index contributed by atoms with van der Waals surface area (Å²) in [6.07, 6.45) is 3.70. The molecule has 0 aromatic heterocycles. The first kappa shape index (κ1) is 10.7. The van der Waals surface area contributed by atoms with Crippen molar-refractivity contribution in [3.05, 3.63) is 0 Å². The fraction of sp³-hybridized carbons (Fsp3) is 0.917. The van der Waals surface area contributed by atoms with Crippen LogP contribution in [0.2, 0.25) is 0 Å². The molecular formula is C12H23N. The van der Waals surface area contributed by atoms with E-state index in [9.17, 15) is 0 Å². The minimum atomic E-state index is 0.425. The predicted octanol–water partition coefficient (Wildman–Crippen LogP) is 3.88. The highest BCUT2D eigenvalue weighted by atomic mass is 14.5. The van der Waals surface area contributed by atoms with Crippen LogP contribution in [-0.4, -0.2) is 5.71 Å². The largest absolute Gasteiger partial charge is 0.310 e. The molecule has 1 fully saturated rings. The lowest BCUT2D eigenvalue weighted by Gasteiger charge is -2.44. The molecule has 1 aliphatic carbocycles. The van der Waals surface area contributed by atoms with Crippen molar-refractivity contribution in [1.82, 2.24) is 0 Å². The van der Waals surface area contributed by atoms with Gasteiger partial charge in [0.2, 0.25) is 0 Å². The molecule has 0 atom stereocenters. The minimum Gasteiger partial charge on any atom is -0.310 e. The smallest absolute Gasteiger partial charge is 0.00895 e. The molecule has 13 heavy (non-hydrogen) atoms. The molecule has 0 aromatic carbocycles. The van der Waals surface area contributed by atoms with Crippen molar-refractivity contribution in [2.45, 2.75) is 53.9 Å². The van der Waals surface area contributed by atoms with Gasteiger partial charge in [0.15, 0.2) is 0 Å². The van der Waals surface area contributed by atoms with Gasteiger partial charge in [-0.2, -0.15) is 0 Å². The molecule has 0 bridgehead atoms. The summed E-state index contributed by atoms with van der Waals surface area (Å²) in [4.78, 5) is 0. The SMILES string of the molecule is CC(=N)C1CC(C)(C)CC(C)(C)C1. The molecule has 1 nitrogen and oxygen atoms in total. The quantitative estimate of drug-likeness (QED) is 0.594.